The minimum Gasteiger partial charge on any atom is -0.391 e. The van der Waals surface area contributed by atoms with E-state index in [0.29, 0.717) is 0 Å². The molecule has 1 aliphatic carbocycles. The first-order valence-corrected chi connectivity index (χ1v) is 8.27. The van der Waals surface area contributed by atoms with Crippen molar-refractivity contribution in [1.82, 2.24) is 0 Å². The van der Waals surface area contributed by atoms with Crippen LogP contribution in [-0.4, -0.2) is 11.2 Å². The molecule has 0 spiro atoms. The first kappa shape index (κ1) is 16.5. The summed E-state index contributed by atoms with van der Waals surface area (Å²) >= 11 is 0. The molecule has 0 radical (unpaired) electrons. The number of unbranched alkanes of at least 4 members (excludes halogenated alkanes) is 3. The second-order valence-electron chi connectivity index (χ2n) is 6.37. The number of rotatable bonds is 8. The molecule has 1 atom stereocenters. The van der Waals surface area contributed by atoms with E-state index < -0.39 is 11.5 Å². The van der Waals surface area contributed by atoms with E-state index in [4.69, 9.17) is 0 Å². The van der Waals surface area contributed by atoms with Crippen LogP contribution in [0.5, 0.6) is 0 Å². The number of hydrogen-bond donors (Lipinski definition) is 1. The molecule has 1 rings (SSSR count). The van der Waals surface area contributed by atoms with Crippen LogP contribution in [0.3, 0.4) is 0 Å². The van der Waals surface area contributed by atoms with E-state index in [0.717, 1.165) is 44.4 Å². The Kier molecular flexibility index (Phi) is 7.46. The van der Waals surface area contributed by atoms with Crippen LogP contribution in [0.2, 0.25) is 0 Å². The van der Waals surface area contributed by atoms with Crippen molar-refractivity contribution in [3.05, 3.63) is 0 Å². The number of nitrogens with zero attached hydrogens (tertiary/aromatic N) is 1. The minimum atomic E-state index is -0.434. The highest BCUT2D eigenvalue weighted by atomic mass is 16.3. The summed E-state index contributed by atoms with van der Waals surface area (Å²) in [6.07, 6.45) is 11.7. The predicted molar refractivity (Wildman–Crippen MR) is 79.7 cm³/mol. The monoisotopic (exact) mass is 265 g/mol. The van der Waals surface area contributed by atoms with Gasteiger partial charge < -0.3 is 5.11 Å². The summed E-state index contributed by atoms with van der Waals surface area (Å²) < 4.78 is 0. The molecule has 1 aliphatic rings. The highest BCUT2D eigenvalue weighted by Crippen LogP contribution is 2.43. The van der Waals surface area contributed by atoms with E-state index in [2.05, 4.69) is 19.9 Å². The molecule has 2 heteroatoms. The van der Waals surface area contributed by atoms with Gasteiger partial charge in [0.1, 0.15) is 0 Å². The van der Waals surface area contributed by atoms with Crippen molar-refractivity contribution in [2.45, 2.75) is 90.6 Å². The molecule has 1 N–H and O–H groups in total. The van der Waals surface area contributed by atoms with Crippen LogP contribution in [0.15, 0.2) is 0 Å². The molecule has 110 valence electrons. The van der Waals surface area contributed by atoms with Gasteiger partial charge in [-0.3, -0.25) is 0 Å². The van der Waals surface area contributed by atoms with Crippen molar-refractivity contribution in [3.8, 4) is 6.07 Å². The molecule has 0 aromatic rings. The average Bonchev–Trinajstić information content (AvgIpc) is 2.45. The maximum absolute atomic E-state index is 10.4. The summed E-state index contributed by atoms with van der Waals surface area (Å²) in [6, 6.07) is 2.47. The third kappa shape index (κ3) is 4.80. The lowest BCUT2D eigenvalue weighted by Gasteiger charge is -2.38. The Morgan fingerprint density at radius 3 is 2.37 bits per heavy atom. The van der Waals surface area contributed by atoms with Crippen LogP contribution in [0, 0.1) is 22.7 Å². The first-order chi connectivity index (χ1) is 9.18. The maximum atomic E-state index is 10.4. The van der Waals surface area contributed by atoms with Crippen LogP contribution in [0.4, 0.5) is 0 Å². The smallest absolute Gasteiger partial charge is 0.0832 e. The van der Waals surface area contributed by atoms with Gasteiger partial charge >= 0.3 is 0 Å². The van der Waals surface area contributed by atoms with E-state index in [9.17, 15) is 10.4 Å². The lowest BCUT2D eigenvalue weighted by atomic mass is 9.66. The molecular formula is C17H31NO. The van der Waals surface area contributed by atoms with Crippen LogP contribution >= 0.6 is 0 Å². The molecule has 19 heavy (non-hydrogen) atoms. The molecule has 0 amide bonds. The Morgan fingerprint density at radius 1 is 1.16 bits per heavy atom. The van der Waals surface area contributed by atoms with Gasteiger partial charge in [-0.15, -0.1) is 0 Å². The highest BCUT2D eigenvalue weighted by Gasteiger charge is 2.40. The van der Waals surface area contributed by atoms with Gasteiger partial charge in [-0.05, 0) is 38.0 Å². The molecule has 1 fully saturated rings. The zero-order valence-corrected chi connectivity index (χ0v) is 12.8. The van der Waals surface area contributed by atoms with E-state index in [-0.39, 0.29) is 0 Å². The molecule has 1 saturated carbocycles. The number of nitriles is 1. The van der Waals surface area contributed by atoms with Gasteiger partial charge in [0.25, 0.3) is 0 Å². The van der Waals surface area contributed by atoms with Crippen molar-refractivity contribution < 1.29 is 5.11 Å². The fourth-order valence-electron chi connectivity index (χ4n) is 3.45. The number of aliphatic hydroxyl groups is 1. The van der Waals surface area contributed by atoms with Gasteiger partial charge in [-0.2, -0.15) is 5.26 Å². The number of aliphatic hydroxyl groups excluding tert-OH is 1. The van der Waals surface area contributed by atoms with Crippen molar-refractivity contribution in [3.63, 3.8) is 0 Å². The fourth-order valence-corrected chi connectivity index (χ4v) is 3.45. The zero-order chi connectivity index (χ0) is 14.1. The minimum absolute atomic E-state index is 0.406. The highest BCUT2D eigenvalue weighted by molar-refractivity contribution is 5.05. The normalized spacial score (nSPS) is 28.8. The van der Waals surface area contributed by atoms with Crippen LogP contribution in [-0.2, 0) is 0 Å². The molecule has 2 nitrogen and oxygen atoms in total. The molecule has 0 aromatic heterocycles. The van der Waals surface area contributed by atoms with Crippen molar-refractivity contribution in [2.75, 3.05) is 0 Å². The lowest BCUT2D eigenvalue weighted by molar-refractivity contribution is 0.0177. The van der Waals surface area contributed by atoms with Crippen molar-refractivity contribution in [1.29, 1.82) is 5.26 Å². The second kappa shape index (κ2) is 8.59. The Hall–Kier alpha value is -0.550. The molecule has 0 bridgehead atoms. The molecular weight excluding hydrogens is 234 g/mol. The van der Waals surface area contributed by atoms with Crippen LogP contribution in [0.25, 0.3) is 0 Å². The number of hydrogen-bond acceptors (Lipinski definition) is 2. The topological polar surface area (TPSA) is 44.0 Å². The third-order valence-electron chi connectivity index (χ3n) is 4.89. The van der Waals surface area contributed by atoms with Gasteiger partial charge in [0.15, 0.2) is 0 Å². The van der Waals surface area contributed by atoms with Gasteiger partial charge in [0.2, 0.25) is 0 Å². The lowest BCUT2D eigenvalue weighted by Crippen LogP contribution is -2.37. The molecule has 0 aromatic carbocycles. The summed E-state index contributed by atoms with van der Waals surface area (Å²) in [5, 5.41) is 19.9. The van der Waals surface area contributed by atoms with Crippen LogP contribution in [0.1, 0.15) is 84.5 Å². The van der Waals surface area contributed by atoms with E-state index in [1.165, 1.54) is 32.1 Å². The Labute approximate surface area is 119 Å². The summed E-state index contributed by atoms with van der Waals surface area (Å²) in [4.78, 5) is 0. The summed E-state index contributed by atoms with van der Waals surface area (Å²) in [7, 11) is 0. The van der Waals surface area contributed by atoms with Crippen molar-refractivity contribution in [2.24, 2.45) is 11.3 Å². The molecule has 1 unspecified atom stereocenters. The fraction of sp³-hybridized carbons (Fsp3) is 0.941. The Morgan fingerprint density at radius 2 is 1.84 bits per heavy atom. The summed E-state index contributed by atoms with van der Waals surface area (Å²) in [5.74, 6) is 0.791. The molecule has 0 saturated heterocycles. The van der Waals surface area contributed by atoms with Gasteiger partial charge in [-0.1, -0.05) is 52.4 Å². The largest absolute Gasteiger partial charge is 0.391 e. The SMILES string of the molecule is CCCCCCC(O)C1(C#N)CCC(CCC)CC1. The quantitative estimate of drug-likeness (QED) is 0.639. The van der Waals surface area contributed by atoms with E-state index >= 15 is 0 Å². The first-order valence-electron chi connectivity index (χ1n) is 8.27. The van der Waals surface area contributed by atoms with Gasteiger partial charge in [0, 0.05) is 0 Å². The van der Waals surface area contributed by atoms with Gasteiger partial charge in [0.05, 0.1) is 17.6 Å². The molecule has 0 heterocycles. The average molecular weight is 265 g/mol. The third-order valence-corrected chi connectivity index (χ3v) is 4.89. The maximum Gasteiger partial charge on any atom is 0.0832 e. The summed E-state index contributed by atoms with van der Waals surface area (Å²) in [5.41, 5.74) is -0.434. The van der Waals surface area contributed by atoms with E-state index in [1.54, 1.807) is 0 Å². The zero-order valence-electron chi connectivity index (χ0n) is 12.8. The predicted octanol–water partition coefficient (Wildman–Crippen LogP) is 4.82. The Balaban J connectivity index is 2.41. The van der Waals surface area contributed by atoms with Gasteiger partial charge in [-0.25, -0.2) is 0 Å². The Bertz CT molecular complexity index is 273. The van der Waals surface area contributed by atoms with Crippen LogP contribution < -0.4 is 0 Å². The van der Waals surface area contributed by atoms with Crippen molar-refractivity contribution >= 4 is 0 Å². The van der Waals surface area contributed by atoms with E-state index in [1.807, 2.05) is 0 Å². The summed E-state index contributed by atoms with van der Waals surface area (Å²) in [6.45, 7) is 4.43. The standard InChI is InChI=1S/C17H31NO/c1-3-5-6-7-9-16(19)17(14-18)12-10-15(8-4-2)11-13-17/h15-16,19H,3-13H2,1-2H3. The second-order valence-corrected chi connectivity index (χ2v) is 6.37. The molecule has 0 aliphatic heterocycles.